The second-order valence-corrected chi connectivity index (χ2v) is 10.6. The van der Waals surface area contributed by atoms with Gasteiger partial charge < -0.3 is 0 Å². The van der Waals surface area contributed by atoms with E-state index in [2.05, 4.69) is 26.8 Å². The molecule has 0 saturated heterocycles. The molecule has 5 saturated carbocycles. The van der Waals surface area contributed by atoms with Crippen molar-refractivity contribution in [1.82, 2.24) is 10.9 Å². The Kier molecular flexibility index (Phi) is 4.15. The third-order valence-electron chi connectivity index (χ3n) is 7.58. The molecule has 1 aromatic carbocycles. The maximum absolute atomic E-state index is 12.8. The van der Waals surface area contributed by atoms with Crippen molar-refractivity contribution < 1.29 is 9.59 Å². The van der Waals surface area contributed by atoms with E-state index < -0.39 is 5.41 Å². The third kappa shape index (κ3) is 3.22. The van der Waals surface area contributed by atoms with E-state index in [0.29, 0.717) is 6.42 Å². The first kappa shape index (κ1) is 17.7. The summed E-state index contributed by atoms with van der Waals surface area (Å²) in [6.45, 7) is 0. The van der Waals surface area contributed by atoms with Crippen molar-refractivity contribution in [3.05, 3.63) is 34.3 Å². The third-order valence-corrected chi connectivity index (χ3v) is 8.07. The van der Waals surface area contributed by atoms with Gasteiger partial charge in [0.25, 0.3) is 0 Å². The van der Waals surface area contributed by atoms with Gasteiger partial charge in [0.1, 0.15) is 0 Å². The van der Waals surface area contributed by atoms with Crippen LogP contribution in [-0.2, 0) is 15.0 Å². The number of hydrogen-bond donors (Lipinski definition) is 2. The minimum Gasteiger partial charge on any atom is -0.273 e. The standard InChI is InChI=1S/C22H27BrN2O2/c23-18-3-1-2-17(9-18)22(4-5-22)20(27)25-24-19(26)13-21-10-14-6-15(11-21)8-16(7-14)12-21/h1-3,9,14-16H,4-8,10-13H2,(H,24,26)(H,25,27). The number of halogens is 1. The molecule has 1 aromatic rings. The van der Waals surface area contributed by atoms with E-state index in [4.69, 9.17) is 0 Å². The SMILES string of the molecule is O=C(CC12CC3CC(CC(C3)C1)C2)NNC(=O)C1(c2cccc(Br)c2)CC1. The molecule has 0 atom stereocenters. The Morgan fingerprint density at radius 2 is 1.63 bits per heavy atom. The molecule has 0 heterocycles. The summed E-state index contributed by atoms with van der Waals surface area (Å²) in [5.41, 5.74) is 6.21. The van der Waals surface area contributed by atoms with Crippen molar-refractivity contribution in [3.63, 3.8) is 0 Å². The Bertz CT molecular complexity index is 751. The van der Waals surface area contributed by atoms with Crippen molar-refractivity contribution in [1.29, 1.82) is 0 Å². The summed E-state index contributed by atoms with van der Waals surface area (Å²) in [6, 6.07) is 7.92. The summed E-state index contributed by atoms with van der Waals surface area (Å²) in [4.78, 5) is 25.4. The van der Waals surface area contributed by atoms with Gasteiger partial charge in [-0.1, -0.05) is 28.1 Å². The maximum atomic E-state index is 12.8. The van der Waals surface area contributed by atoms with E-state index in [0.717, 1.165) is 40.6 Å². The second-order valence-electron chi connectivity index (χ2n) is 9.69. The van der Waals surface area contributed by atoms with Crippen LogP contribution >= 0.6 is 15.9 Å². The molecule has 5 heteroatoms. The highest BCUT2D eigenvalue weighted by molar-refractivity contribution is 9.10. The van der Waals surface area contributed by atoms with Crippen molar-refractivity contribution in [3.8, 4) is 0 Å². The van der Waals surface area contributed by atoms with Gasteiger partial charge in [0.15, 0.2) is 0 Å². The Morgan fingerprint density at radius 1 is 1.00 bits per heavy atom. The van der Waals surface area contributed by atoms with Gasteiger partial charge in [-0.15, -0.1) is 0 Å². The minimum atomic E-state index is -0.474. The zero-order valence-corrected chi connectivity index (χ0v) is 17.2. The maximum Gasteiger partial charge on any atom is 0.249 e. The summed E-state index contributed by atoms with van der Waals surface area (Å²) in [5.74, 6) is 2.41. The summed E-state index contributed by atoms with van der Waals surface area (Å²) in [5, 5.41) is 0. The monoisotopic (exact) mass is 430 g/mol. The summed E-state index contributed by atoms with van der Waals surface area (Å²) in [6.07, 6.45) is 10.0. The van der Waals surface area contributed by atoms with Crippen molar-refractivity contribution >= 4 is 27.7 Å². The minimum absolute atomic E-state index is 0.0182. The van der Waals surface area contributed by atoms with Gasteiger partial charge in [-0.3, -0.25) is 20.4 Å². The first-order valence-corrected chi connectivity index (χ1v) is 11.1. The number of rotatable bonds is 4. The molecule has 144 valence electrons. The lowest BCUT2D eigenvalue weighted by Crippen LogP contribution is -2.51. The zero-order valence-electron chi connectivity index (χ0n) is 15.6. The van der Waals surface area contributed by atoms with Crippen LogP contribution in [0, 0.1) is 23.2 Å². The van der Waals surface area contributed by atoms with Crippen LogP contribution in [0.5, 0.6) is 0 Å². The van der Waals surface area contributed by atoms with Crippen LogP contribution in [0.25, 0.3) is 0 Å². The summed E-state index contributed by atoms with van der Waals surface area (Å²) >= 11 is 3.48. The van der Waals surface area contributed by atoms with Gasteiger partial charge in [-0.25, -0.2) is 0 Å². The second kappa shape index (κ2) is 6.33. The summed E-state index contributed by atoms with van der Waals surface area (Å²) < 4.78 is 0.977. The van der Waals surface area contributed by atoms with Crippen LogP contribution in [0.15, 0.2) is 28.7 Å². The number of hydrazine groups is 1. The lowest BCUT2D eigenvalue weighted by Gasteiger charge is -2.56. The molecule has 0 radical (unpaired) electrons. The molecule has 6 rings (SSSR count). The highest BCUT2D eigenvalue weighted by atomic mass is 79.9. The van der Waals surface area contributed by atoms with Gasteiger partial charge in [-0.2, -0.15) is 0 Å². The van der Waals surface area contributed by atoms with Crippen LogP contribution in [0.1, 0.15) is 63.4 Å². The molecule has 0 unspecified atom stereocenters. The van der Waals surface area contributed by atoms with E-state index in [1.165, 1.54) is 38.5 Å². The smallest absolute Gasteiger partial charge is 0.249 e. The molecule has 0 aromatic heterocycles. The molecule has 4 nitrogen and oxygen atoms in total. The Hall–Kier alpha value is -1.36. The van der Waals surface area contributed by atoms with Crippen molar-refractivity contribution in [2.75, 3.05) is 0 Å². The fourth-order valence-corrected chi connectivity index (χ4v) is 7.09. The molecule has 4 bridgehead atoms. The lowest BCUT2D eigenvalue weighted by atomic mass is 9.49. The predicted octanol–water partition coefficient (Wildman–Crippen LogP) is 4.23. The zero-order chi connectivity index (χ0) is 18.6. The molecule has 2 N–H and O–H groups in total. The summed E-state index contributed by atoms with van der Waals surface area (Å²) in [7, 11) is 0. The molecular weight excluding hydrogens is 404 g/mol. The average molecular weight is 431 g/mol. The molecular formula is C22H27BrN2O2. The van der Waals surface area contributed by atoms with Crippen LogP contribution in [0.3, 0.4) is 0 Å². The van der Waals surface area contributed by atoms with Gasteiger partial charge in [0.2, 0.25) is 11.8 Å². The van der Waals surface area contributed by atoms with Crippen molar-refractivity contribution in [2.45, 2.75) is 63.2 Å². The van der Waals surface area contributed by atoms with Gasteiger partial charge >= 0.3 is 0 Å². The Balaban J connectivity index is 1.20. The van der Waals surface area contributed by atoms with E-state index >= 15 is 0 Å². The first-order chi connectivity index (χ1) is 13.0. The topological polar surface area (TPSA) is 58.2 Å². The first-order valence-electron chi connectivity index (χ1n) is 10.3. The fraction of sp³-hybridized carbons (Fsp3) is 0.636. The van der Waals surface area contributed by atoms with Gasteiger partial charge in [0.05, 0.1) is 5.41 Å². The highest BCUT2D eigenvalue weighted by Crippen LogP contribution is 2.61. The molecule has 5 fully saturated rings. The highest BCUT2D eigenvalue weighted by Gasteiger charge is 2.53. The van der Waals surface area contributed by atoms with E-state index in [9.17, 15) is 9.59 Å². The number of benzene rings is 1. The molecule has 5 aliphatic carbocycles. The number of carbonyl (C=O) groups excluding carboxylic acids is 2. The normalized spacial score (nSPS) is 34.9. The Labute approximate surface area is 169 Å². The number of amides is 2. The van der Waals surface area contributed by atoms with Crippen LogP contribution < -0.4 is 10.9 Å². The van der Waals surface area contributed by atoms with E-state index in [1.807, 2.05) is 24.3 Å². The van der Waals surface area contributed by atoms with Crippen molar-refractivity contribution in [2.24, 2.45) is 23.2 Å². The van der Waals surface area contributed by atoms with Crippen LogP contribution in [-0.4, -0.2) is 11.8 Å². The molecule has 2 amide bonds. The van der Waals surface area contributed by atoms with Crippen LogP contribution in [0.4, 0.5) is 0 Å². The average Bonchev–Trinajstić information content (AvgIpc) is 3.40. The fourth-order valence-electron chi connectivity index (χ4n) is 6.70. The predicted molar refractivity (Wildman–Crippen MR) is 107 cm³/mol. The molecule has 0 aliphatic heterocycles. The van der Waals surface area contributed by atoms with Gasteiger partial charge in [0, 0.05) is 10.9 Å². The largest absolute Gasteiger partial charge is 0.273 e. The van der Waals surface area contributed by atoms with E-state index in [-0.39, 0.29) is 17.2 Å². The number of nitrogens with one attached hydrogen (secondary N) is 2. The van der Waals surface area contributed by atoms with Crippen LogP contribution in [0.2, 0.25) is 0 Å². The molecule has 5 aliphatic rings. The van der Waals surface area contributed by atoms with E-state index in [1.54, 1.807) is 0 Å². The number of carbonyl (C=O) groups is 2. The lowest BCUT2D eigenvalue weighted by molar-refractivity contribution is -0.135. The Morgan fingerprint density at radius 3 is 2.19 bits per heavy atom. The van der Waals surface area contributed by atoms with Gasteiger partial charge in [-0.05, 0) is 92.2 Å². The molecule has 27 heavy (non-hydrogen) atoms. The quantitative estimate of drug-likeness (QED) is 0.701. The number of hydrogen-bond acceptors (Lipinski definition) is 2. The molecule has 0 spiro atoms.